The number of rotatable bonds is 4. The minimum Gasteiger partial charge on any atom is -0.481 e. The maximum absolute atomic E-state index is 11.3. The quantitative estimate of drug-likeness (QED) is 0.695. The highest BCUT2D eigenvalue weighted by atomic mass is 16.5. The van der Waals surface area contributed by atoms with Gasteiger partial charge in [-0.25, -0.2) is 0 Å². The second-order valence-corrected chi connectivity index (χ2v) is 6.70. The molecule has 0 radical (unpaired) electrons. The Morgan fingerprint density at radius 1 is 0.846 bits per heavy atom. The number of hydrogen-bond donors (Lipinski definition) is 1. The van der Waals surface area contributed by atoms with Crippen LogP contribution in [-0.2, 0) is 17.6 Å². The largest absolute Gasteiger partial charge is 0.481 e. The van der Waals surface area contributed by atoms with Crippen LogP contribution >= 0.6 is 0 Å². The van der Waals surface area contributed by atoms with E-state index in [1.165, 1.54) is 5.56 Å². The number of aryl methyl sites for hydroxylation is 1. The highest BCUT2D eigenvalue weighted by Crippen LogP contribution is 2.32. The van der Waals surface area contributed by atoms with Crippen LogP contribution < -0.4 is 4.74 Å². The molecule has 3 nitrogen and oxygen atoms in total. The Morgan fingerprint density at radius 3 is 2.42 bits per heavy atom. The highest BCUT2D eigenvalue weighted by Gasteiger charge is 2.24. The Balaban J connectivity index is 1.57. The number of carboxylic acid groups (broad SMARTS) is 1. The topological polar surface area (TPSA) is 46.5 Å². The Kier molecular flexibility index (Phi) is 4.44. The molecule has 3 heteroatoms. The van der Waals surface area contributed by atoms with Crippen LogP contribution in [0.1, 0.15) is 17.5 Å². The predicted octanol–water partition coefficient (Wildman–Crippen LogP) is 5.34. The van der Waals surface area contributed by atoms with E-state index in [0.29, 0.717) is 12.8 Å². The lowest BCUT2D eigenvalue weighted by Gasteiger charge is -2.22. The van der Waals surface area contributed by atoms with Crippen LogP contribution in [-0.4, -0.2) is 11.1 Å². The Hall–Kier alpha value is -3.07. The van der Waals surface area contributed by atoms with Gasteiger partial charge in [-0.2, -0.15) is 0 Å². The second-order valence-electron chi connectivity index (χ2n) is 6.70. The molecule has 0 fully saturated rings. The third-order valence-electron chi connectivity index (χ3n) is 4.93. The molecule has 1 aliphatic carbocycles. The minimum absolute atomic E-state index is 0.292. The van der Waals surface area contributed by atoms with Crippen molar-refractivity contribution in [3.8, 4) is 22.6 Å². The van der Waals surface area contributed by atoms with Gasteiger partial charge in [-0.15, -0.1) is 0 Å². The Bertz CT molecular complexity index is 931. The summed E-state index contributed by atoms with van der Waals surface area (Å²) >= 11 is 0. The van der Waals surface area contributed by atoms with E-state index >= 15 is 0 Å². The van der Waals surface area contributed by atoms with Crippen molar-refractivity contribution >= 4 is 5.97 Å². The monoisotopic (exact) mass is 344 g/mol. The first-order chi connectivity index (χ1) is 12.7. The van der Waals surface area contributed by atoms with Crippen molar-refractivity contribution in [2.75, 3.05) is 0 Å². The summed E-state index contributed by atoms with van der Waals surface area (Å²) in [5, 5.41) is 9.28. The van der Waals surface area contributed by atoms with Crippen LogP contribution in [0, 0.1) is 5.92 Å². The van der Waals surface area contributed by atoms with Crippen molar-refractivity contribution in [2.24, 2.45) is 5.92 Å². The van der Waals surface area contributed by atoms with E-state index in [9.17, 15) is 9.90 Å². The van der Waals surface area contributed by atoms with Crippen molar-refractivity contribution < 1.29 is 14.6 Å². The van der Waals surface area contributed by atoms with Gasteiger partial charge in [-0.3, -0.25) is 4.79 Å². The van der Waals surface area contributed by atoms with Crippen molar-refractivity contribution in [1.82, 2.24) is 0 Å². The van der Waals surface area contributed by atoms with Crippen LogP contribution in [0.2, 0.25) is 0 Å². The molecule has 1 atom stereocenters. The summed E-state index contributed by atoms with van der Waals surface area (Å²) < 4.78 is 6.05. The van der Waals surface area contributed by atoms with E-state index in [0.717, 1.165) is 34.6 Å². The van der Waals surface area contributed by atoms with Gasteiger partial charge in [0, 0.05) is 0 Å². The molecule has 1 unspecified atom stereocenters. The number of aliphatic carboxylic acids is 1. The van der Waals surface area contributed by atoms with Gasteiger partial charge in [0.15, 0.2) is 0 Å². The smallest absolute Gasteiger partial charge is 0.306 e. The molecule has 3 aromatic carbocycles. The number of fused-ring (bicyclic) bond motifs is 1. The first-order valence-corrected chi connectivity index (χ1v) is 8.87. The van der Waals surface area contributed by atoms with Gasteiger partial charge in [-0.1, -0.05) is 48.5 Å². The fraction of sp³-hybridized carbons (Fsp3) is 0.174. The van der Waals surface area contributed by atoms with E-state index < -0.39 is 5.97 Å². The first-order valence-electron chi connectivity index (χ1n) is 8.87. The van der Waals surface area contributed by atoms with Crippen molar-refractivity contribution in [3.63, 3.8) is 0 Å². The number of benzene rings is 3. The summed E-state index contributed by atoms with van der Waals surface area (Å²) in [6, 6.07) is 24.2. The van der Waals surface area contributed by atoms with Crippen molar-refractivity contribution in [2.45, 2.75) is 19.3 Å². The molecular formula is C23H20O3. The zero-order chi connectivity index (χ0) is 17.9. The van der Waals surface area contributed by atoms with Crippen molar-refractivity contribution in [3.05, 3.63) is 83.9 Å². The molecule has 1 aliphatic rings. The number of hydrogen-bond acceptors (Lipinski definition) is 2. The maximum atomic E-state index is 11.3. The SMILES string of the molecule is O=C(O)C1CCc2ccc(Oc3cccc(-c4ccccc4)c3)cc2C1. The van der Waals surface area contributed by atoms with Gasteiger partial charge >= 0.3 is 5.97 Å². The molecular weight excluding hydrogens is 324 g/mol. The number of ether oxygens (including phenoxy) is 1. The summed E-state index contributed by atoms with van der Waals surface area (Å²) in [6.07, 6.45) is 2.10. The summed E-state index contributed by atoms with van der Waals surface area (Å²) in [5.41, 5.74) is 4.56. The fourth-order valence-corrected chi connectivity index (χ4v) is 3.51. The lowest BCUT2D eigenvalue weighted by molar-refractivity contribution is -0.142. The molecule has 4 rings (SSSR count). The predicted molar refractivity (Wildman–Crippen MR) is 102 cm³/mol. The third-order valence-corrected chi connectivity index (χ3v) is 4.93. The molecule has 26 heavy (non-hydrogen) atoms. The van der Waals surface area contributed by atoms with E-state index in [2.05, 4.69) is 24.3 Å². The van der Waals surface area contributed by atoms with Crippen LogP contribution in [0.15, 0.2) is 72.8 Å². The zero-order valence-corrected chi connectivity index (χ0v) is 14.4. The van der Waals surface area contributed by atoms with E-state index in [1.54, 1.807) is 0 Å². The van der Waals surface area contributed by atoms with Gasteiger partial charge in [0.1, 0.15) is 11.5 Å². The van der Waals surface area contributed by atoms with Crippen LogP contribution in [0.4, 0.5) is 0 Å². The molecule has 0 saturated heterocycles. The van der Waals surface area contributed by atoms with E-state index in [4.69, 9.17) is 4.74 Å². The third kappa shape index (κ3) is 3.47. The highest BCUT2D eigenvalue weighted by molar-refractivity contribution is 5.71. The average Bonchev–Trinajstić information content (AvgIpc) is 2.68. The lowest BCUT2D eigenvalue weighted by atomic mass is 9.84. The maximum Gasteiger partial charge on any atom is 0.306 e. The molecule has 130 valence electrons. The summed E-state index contributed by atoms with van der Waals surface area (Å²) in [7, 11) is 0. The molecule has 0 aromatic heterocycles. The second kappa shape index (κ2) is 7.04. The Morgan fingerprint density at radius 2 is 1.62 bits per heavy atom. The Labute approximate surface area is 152 Å². The molecule has 0 bridgehead atoms. The van der Waals surface area contributed by atoms with Crippen LogP contribution in [0.5, 0.6) is 11.5 Å². The molecule has 1 N–H and O–H groups in total. The van der Waals surface area contributed by atoms with Gasteiger partial charge in [0.05, 0.1) is 5.92 Å². The summed E-state index contributed by atoms with van der Waals surface area (Å²) in [4.78, 5) is 11.3. The first kappa shape index (κ1) is 16.4. The average molecular weight is 344 g/mol. The summed E-state index contributed by atoms with van der Waals surface area (Å²) in [5.74, 6) is 0.522. The molecule has 0 amide bonds. The molecule has 0 heterocycles. The standard InChI is InChI=1S/C23H20O3/c24-23(25)19-10-9-17-11-12-22(15-20(17)13-19)26-21-8-4-7-18(14-21)16-5-2-1-3-6-16/h1-8,11-12,14-15,19H,9-10,13H2,(H,24,25). The molecule has 0 spiro atoms. The van der Waals surface area contributed by atoms with Gasteiger partial charge < -0.3 is 9.84 Å². The van der Waals surface area contributed by atoms with Crippen LogP contribution in [0.25, 0.3) is 11.1 Å². The van der Waals surface area contributed by atoms with Crippen LogP contribution in [0.3, 0.4) is 0 Å². The molecule has 0 saturated carbocycles. The minimum atomic E-state index is -0.711. The van der Waals surface area contributed by atoms with Gasteiger partial charge in [0.2, 0.25) is 0 Å². The van der Waals surface area contributed by atoms with Gasteiger partial charge in [-0.05, 0) is 65.8 Å². The molecule has 3 aromatic rings. The summed E-state index contributed by atoms with van der Waals surface area (Å²) in [6.45, 7) is 0. The lowest BCUT2D eigenvalue weighted by Crippen LogP contribution is -2.22. The number of carbonyl (C=O) groups is 1. The van der Waals surface area contributed by atoms with Crippen molar-refractivity contribution in [1.29, 1.82) is 0 Å². The number of carboxylic acids is 1. The zero-order valence-electron chi connectivity index (χ0n) is 14.4. The van der Waals surface area contributed by atoms with E-state index in [1.807, 2.05) is 48.5 Å². The normalized spacial score (nSPS) is 15.9. The fourth-order valence-electron chi connectivity index (χ4n) is 3.51. The van der Waals surface area contributed by atoms with Gasteiger partial charge in [0.25, 0.3) is 0 Å². The van der Waals surface area contributed by atoms with E-state index in [-0.39, 0.29) is 5.92 Å². The molecule has 0 aliphatic heterocycles.